The predicted octanol–water partition coefficient (Wildman–Crippen LogP) is 1.61. The van der Waals surface area contributed by atoms with Crippen LogP contribution in [-0.4, -0.2) is 23.9 Å². The minimum absolute atomic E-state index is 0. The Morgan fingerprint density at radius 1 is 1.44 bits per heavy atom. The van der Waals surface area contributed by atoms with E-state index in [-0.39, 0.29) is 24.9 Å². The summed E-state index contributed by atoms with van der Waals surface area (Å²) in [4.78, 5) is 13.2. The van der Waals surface area contributed by atoms with Crippen LogP contribution in [0.1, 0.15) is 11.1 Å². The number of carbonyl (C=O) groups excluding carboxylic acids is 1. The van der Waals surface area contributed by atoms with E-state index in [1.165, 1.54) is 11.1 Å². The Bertz CT molecular complexity index is 396. The molecule has 0 saturated carbocycles. The van der Waals surface area contributed by atoms with Crippen molar-refractivity contribution in [3.63, 3.8) is 0 Å². The lowest BCUT2D eigenvalue weighted by atomic mass is 10.00. The van der Waals surface area contributed by atoms with Crippen LogP contribution in [0.3, 0.4) is 0 Å². The molecule has 2 rings (SSSR count). The molecule has 1 aliphatic rings. The van der Waals surface area contributed by atoms with Gasteiger partial charge in [0, 0.05) is 18.1 Å². The van der Waals surface area contributed by atoms with Gasteiger partial charge in [0.05, 0.1) is 6.54 Å². The van der Waals surface area contributed by atoms with E-state index in [0.29, 0.717) is 6.54 Å². The van der Waals surface area contributed by atoms with Crippen LogP contribution < -0.4 is 5.73 Å². The molecular formula is C11H14Cl2N2O. The standard InChI is InChI=1S/C11H13ClN2O.ClH/c12-10-2-1-9-7-14(11(15)6-13)4-3-8(9)5-10;/h1-2,5H,3-4,6-7,13H2;1H. The average Bonchev–Trinajstić information content (AvgIpc) is 2.27. The van der Waals surface area contributed by atoms with E-state index in [0.717, 1.165) is 18.0 Å². The fourth-order valence-corrected chi connectivity index (χ4v) is 2.06. The van der Waals surface area contributed by atoms with Gasteiger partial charge in [-0.15, -0.1) is 12.4 Å². The van der Waals surface area contributed by atoms with Crippen molar-refractivity contribution >= 4 is 29.9 Å². The van der Waals surface area contributed by atoms with Crippen molar-refractivity contribution in [3.05, 3.63) is 34.3 Å². The molecule has 16 heavy (non-hydrogen) atoms. The second-order valence-corrected chi connectivity index (χ2v) is 4.12. The van der Waals surface area contributed by atoms with Crippen molar-refractivity contribution in [2.24, 2.45) is 5.73 Å². The summed E-state index contributed by atoms with van der Waals surface area (Å²) in [5.41, 5.74) is 7.75. The minimum atomic E-state index is 0. The summed E-state index contributed by atoms with van der Waals surface area (Å²) in [6, 6.07) is 5.81. The van der Waals surface area contributed by atoms with Crippen molar-refractivity contribution in [1.82, 2.24) is 4.90 Å². The van der Waals surface area contributed by atoms with Crippen LogP contribution in [0.15, 0.2) is 18.2 Å². The number of benzene rings is 1. The Labute approximate surface area is 106 Å². The fourth-order valence-electron chi connectivity index (χ4n) is 1.86. The molecule has 88 valence electrons. The first-order chi connectivity index (χ1) is 7.20. The van der Waals surface area contributed by atoms with Gasteiger partial charge in [-0.25, -0.2) is 0 Å². The monoisotopic (exact) mass is 260 g/mol. The van der Waals surface area contributed by atoms with Crippen molar-refractivity contribution in [2.75, 3.05) is 13.1 Å². The molecule has 0 unspecified atom stereocenters. The lowest BCUT2D eigenvalue weighted by Gasteiger charge is -2.28. The van der Waals surface area contributed by atoms with Crippen molar-refractivity contribution in [3.8, 4) is 0 Å². The van der Waals surface area contributed by atoms with E-state index >= 15 is 0 Å². The maximum absolute atomic E-state index is 11.4. The van der Waals surface area contributed by atoms with Crippen LogP contribution in [-0.2, 0) is 17.8 Å². The van der Waals surface area contributed by atoms with Gasteiger partial charge in [0.1, 0.15) is 0 Å². The van der Waals surface area contributed by atoms with Gasteiger partial charge in [-0.1, -0.05) is 17.7 Å². The first-order valence-corrected chi connectivity index (χ1v) is 5.33. The van der Waals surface area contributed by atoms with Crippen molar-refractivity contribution in [2.45, 2.75) is 13.0 Å². The molecule has 3 nitrogen and oxygen atoms in total. The second kappa shape index (κ2) is 5.53. The molecule has 1 heterocycles. The van der Waals surface area contributed by atoms with E-state index in [2.05, 4.69) is 0 Å². The lowest BCUT2D eigenvalue weighted by Crippen LogP contribution is -2.39. The Morgan fingerprint density at radius 3 is 2.88 bits per heavy atom. The number of fused-ring (bicyclic) bond motifs is 1. The van der Waals surface area contributed by atoms with E-state index in [1.54, 1.807) is 4.90 Å². The van der Waals surface area contributed by atoms with Gasteiger partial charge < -0.3 is 10.6 Å². The average molecular weight is 261 g/mol. The third kappa shape index (κ3) is 2.67. The molecule has 0 bridgehead atoms. The number of hydrogen-bond acceptors (Lipinski definition) is 2. The predicted molar refractivity (Wildman–Crippen MR) is 66.9 cm³/mol. The van der Waals surface area contributed by atoms with E-state index in [1.807, 2.05) is 18.2 Å². The van der Waals surface area contributed by atoms with E-state index in [9.17, 15) is 4.79 Å². The summed E-state index contributed by atoms with van der Waals surface area (Å²) in [5.74, 6) is 0.00981. The smallest absolute Gasteiger partial charge is 0.236 e. The highest BCUT2D eigenvalue weighted by Gasteiger charge is 2.19. The number of nitrogens with zero attached hydrogens (tertiary/aromatic N) is 1. The molecule has 1 aromatic carbocycles. The Morgan fingerprint density at radius 2 is 2.19 bits per heavy atom. The Kier molecular flexibility index (Phi) is 4.59. The molecule has 0 radical (unpaired) electrons. The molecule has 0 atom stereocenters. The summed E-state index contributed by atoms with van der Waals surface area (Å²) < 4.78 is 0. The van der Waals surface area contributed by atoms with E-state index < -0.39 is 0 Å². The van der Waals surface area contributed by atoms with Crippen LogP contribution in [0.4, 0.5) is 0 Å². The number of nitrogens with two attached hydrogens (primary N) is 1. The van der Waals surface area contributed by atoms with Crippen LogP contribution in [0.5, 0.6) is 0 Å². The highest BCUT2D eigenvalue weighted by atomic mass is 35.5. The Hall–Kier alpha value is -0.770. The molecule has 1 aliphatic heterocycles. The van der Waals surface area contributed by atoms with Crippen molar-refractivity contribution < 1.29 is 4.79 Å². The third-order valence-electron chi connectivity index (χ3n) is 2.71. The van der Waals surface area contributed by atoms with Crippen LogP contribution in [0, 0.1) is 0 Å². The highest BCUT2D eigenvalue weighted by Crippen LogP contribution is 2.22. The first-order valence-electron chi connectivity index (χ1n) is 4.96. The molecule has 0 aromatic heterocycles. The summed E-state index contributed by atoms with van der Waals surface area (Å²) in [7, 11) is 0. The second-order valence-electron chi connectivity index (χ2n) is 3.68. The number of halogens is 2. The van der Waals surface area contributed by atoms with Gasteiger partial charge in [0.25, 0.3) is 0 Å². The number of carbonyl (C=O) groups is 1. The lowest BCUT2D eigenvalue weighted by molar-refractivity contribution is -0.130. The number of rotatable bonds is 1. The first kappa shape index (κ1) is 13.3. The summed E-state index contributed by atoms with van der Waals surface area (Å²) in [6.07, 6.45) is 0.863. The highest BCUT2D eigenvalue weighted by molar-refractivity contribution is 6.30. The van der Waals surface area contributed by atoms with Crippen molar-refractivity contribution in [1.29, 1.82) is 0 Å². The molecule has 0 aliphatic carbocycles. The van der Waals surface area contributed by atoms with Crippen LogP contribution in [0.2, 0.25) is 5.02 Å². The molecule has 1 amide bonds. The van der Waals surface area contributed by atoms with E-state index in [4.69, 9.17) is 17.3 Å². The van der Waals surface area contributed by atoms with Crippen LogP contribution >= 0.6 is 24.0 Å². The SMILES string of the molecule is Cl.NCC(=O)N1CCc2cc(Cl)ccc2C1. The summed E-state index contributed by atoms with van der Waals surface area (Å²) in [5, 5.41) is 0.757. The number of amides is 1. The zero-order valence-corrected chi connectivity index (χ0v) is 10.4. The third-order valence-corrected chi connectivity index (χ3v) is 2.94. The molecule has 1 aromatic rings. The molecule has 2 N–H and O–H groups in total. The quantitative estimate of drug-likeness (QED) is 0.834. The molecular weight excluding hydrogens is 247 g/mol. The van der Waals surface area contributed by atoms with Gasteiger partial charge in [-0.05, 0) is 29.7 Å². The zero-order valence-electron chi connectivity index (χ0n) is 8.78. The van der Waals surface area contributed by atoms with Gasteiger partial charge in [0.15, 0.2) is 0 Å². The fraction of sp³-hybridized carbons (Fsp3) is 0.364. The van der Waals surface area contributed by atoms with Gasteiger partial charge >= 0.3 is 0 Å². The molecule has 5 heteroatoms. The summed E-state index contributed by atoms with van der Waals surface area (Å²) >= 11 is 5.90. The zero-order chi connectivity index (χ0) is 10.8. The van der Waals surface area contributed by atoms with Crippen LogP contribution in [0.25, 0.3) is 0 Å². The topological polar surface area (TPSA) is 46.3 Å². The maximum atomic E-state index is 11.4. The molecule has 0 spiro atoms. The van der Waals surface area contributed by atoms with Gasteiger partial charge in [-0.2, -0.15) is 0 Å². The maximum Gasteiger partial charge on any atom is 0.236 e. The van der Waals surface area contributed by atoms with Gasteiger partial charge in [0.2, 0.25) is 5.91 Å². The van der Waals surface area contributed by atoms with Gasteiger partial charge in [-0.3, -0.25) is 4.79 Å². The molecule has 0 saturated heterocycles. The largest absolute Gasteiger partial charge is 0.337 e. The Balaban J connectivity index is 0.00000128. The summed E-state index contributed by atoms with van der Waals surface area (Å²) in [6.45, 7) is 1.48. The molecule has 0 fully saturated rings. The normalized spacial score (nSPS) is 14.0. The number of hydrogen-bond donors (Lipinski definition) is 1. The minimum Gasteiger partial charge on any atom is -0.337 e.